The highest BCUT2D eigenvalue weighted by molar-refractivity contribution is 7.12. The van der Waals surface area contributed by atoms with Crippen LogP contribution < -0.4 is 5.32 Å². The zero-order chi connectivity index (χ0) is 17.1. The van der Waals surface area contributed by atoms with Crippen molar-refractivity contribution in [3.05, 3.63) is 57.3 Å². The van der Waals surface area contributed by atoms with E-state index in [-0.39, 0.29) is 17.9 Å². The molecule has 0 bridgehead atoms. The fraction of sp³-hybridized carbons (Fsp3) is 0.368. The van der Waals surface area contributed by atoms with Gasteiger partial charge in [-0.1, -0.05) is 18.2 Å². The summed E-state index contributed by atoms with van der Waals surface area (Å²) in [5, 5.41) is 5.06. The smallest absolute Gasteiger partial charge is 0.264 e. The van der Waals surface area contributed by atoms with Crippen molar-refractivity contribution in [1.29, 1.82) is 0 Å². The molecule has 2 amide bonds. The molecule has 126 valence electrons. The first kappa shape index (κ1) is 16.7. The first-order valence-corrected chi connectivity index (χ1v) is 9.14. The van der Waals surface area contributed by atoms with Crippen LogP contribution in [0, 0.1) is 13.8 Å². The van der Waals surface area contributed by atoms with E-state index in [1.54, 1.807) is 0 Å². The Morgan fingerprint density at radius 1 is 1.08 bits per heavy atom. The van der Waals surface area contributed by atoms with Gasteiger partial charge in [-0.15, -0.1) is 11.3 Å². The van der Waals surface area contributed by atoms with Gasteiger partial charge in [0, 0.05) is 24.7 Å². The van der Waals surface area contributed by atoms with Crippen molar-refractivity contribution in [2.45, 2.75) is 32.7 Å². The van der Waals surface area contributed by atoms with Gasteiger partial charge in [0.15, 0.2) is 0 Å². The van der Waals surface area contributed by atoms with Crippen molar-refractivity contribution in [3.63, 3.8) is 0 Å². The van der Waals surface area contributed by atoms with E-state index in [0.29, 0.717) is 13.1 Å². The standard InChI is InChI=1S/C19H22N2O2S/c1-13-5-3-4-6-16(13)18(22)20-15-7-10-21(11-8-15)19(23)17-14(2)9-12-24-17/h3-6,9,12,15H,7-8,10-11H2,1-2H3,(H,20,22). The molecule has 0 atom stereocenters. The number of carbonyl (C=O) groups is 2. The first-order chi connectivity index (χ1) is 11.6. The summed E-state index contributed by atoms with van der Waals surface area (Å²) in [4.78, 5) is 27.6. The Morgan fingerprint density at radius 3 is 2.42 bits per heavy atom. The number of hydrogen-bond acceptors (Lipinski definition) is 3. The molecule has 1 N–H and O–H groups in total. The Bertz CT molecular complexity index is 745. The van der Waals surface area contributed by atoms with Crippen LogP contribution in [0.15, 0.2) is 35.7 Å². The minimum Gasteiger partial charge on any atom is -0.349 e. The lowest BCUT2D eigenvalue weighted by molar-refractivity contribution is 0.0702. The lowest BCUT2D eigenvalue weighted by Crippen LogP contribution is -2.46. The molecule has 0 spiro atoms. The number of nitrogens with zero attached hydrogens (tertiary/aromatic N) is 1. The predicted molar refractivity (Wildman–Crippen MR) is 96.6 cm³/mol. The van der Waals surface area contributed by atoms with E-state index in [4.69, 9.17) is 0 Å². The molecule has 1 aliphatic heterocycles. The highest BCUT2D eigenvalue weighted by atomic mass is 32.1. The molecule has 0 aliphatic carbocycles. The number of thiophene rings is 1. The number of hydrogen-bond donors (Lipinski definition) is 1. The van der Waals surface area contributed by atoms with Crippen molar-refractivity contribution in [2.75, 3.05) is 13.1 Å². The van der Waals surface area contributed by atoms with Gasteiger partial charge < -0.3 is 10.2 Å². The lowest BCUT2D eigenvalue weighted by atomic mass is 10.0. The molecule has 2 heterocycles. The number of piperidine rings is 1. The van der Waals surface area contributed by atoms with Crippen LogP contribution in [0.1, 0.15) is 44.0 Å². The second-order valence-electron chi connectivity index (χ2n) is 6.29. The van der Waals surface area contributed by atoms with Crippen molar-refractivity contribution in [3.8, 4) is 0 Å². The summed E-state index contributed by atoms with van der Waals surface area (Å²) in [6.45, 7) is 5.29. The average Bonchev–Trinajstić information content (AvgIpc) is 3.01. The second kappa shape index (κ2) is 7.18. The van der Waals surface area contributed by atoms with Gasteiger partial charge >= 0.3 is 0 Å². The minimum absolute atomic E-state index is 0.0213. The molecular weight excluding hydrogens is 320 g/mol. The fourth-order valence-electron chi connectivity index (χ4n) is 3.05. The lowest BCUT2D eigenvalue weighted by Gasteiger charge is -2.32. The zero-order valence-corrected chi connectivity index (χ0v) is 14.9. The topological polar surface area (TPSA) is 49.4 Å². The summed E-state index contributed by atoms with van der Waals surface area (Å²) < 4.78 is 0. The highest BCUT2D eigenvalue weighted by Gasteiger charge is 2.26. The molecule has 1 saturated heterocycles. The van der Waals surface area contributed by atoms with Gasteiger partial charge in [0.05, 0.1) is 4.88 Å². The van der Waals surface area contributed by atoms with E-state index < -0.39 is 0 Å². The molecule has 4 nitrogen and oxygen atoms in total. The molecule has 1 aromatic heterocycles. The van der Waals surface area contributed by atoms with Crippen LogP contribution in [0.5, 0.6) is 0 Å². The molecule has 2 aromatic rings. The van der Waals surface area contributed by atoms with Crippen LogP contribution in [-0.2, 0) is 0 Å². The fourth-order valence-corrected chi connectivity index (χ4v) is 3.95. The third-order valence-electron chi connectivity index (χ3n) is 4.56. The molecule has 1 aliphatic rings. The van der Waals surface area contributed by atoms with Crippen LogP contribution in [-0.4, -0.2) is 35.8 Å². The number of carbonyl (C=O) groups excluding carboxylic acids is 2. The summed E-state index contributed by atoms with van der Waals surface area (Å²) in [7, 11) is 0. The van der Waals surface area contributed by atoms with Crippen LogP contribution in [0.4, 0.5) is 0 Å². The molecule has 3 rings (SSSR count). The van der Waals surface area contributed by atoms with Crippen molar-refractivity contribution < 1.29 is 9.59 Å². The Morgan fingerprint density at radius 2 is 1.79 bits per heavy atom. The van der Waals surface area contributed by atoms with Crippen LogP contribution in [0.3, 0.4) is 0 Å². The molecule has 0 saturated carbocycles. The third kappa shape index (κ3) is 3.51. The summed E-state index contributed by atoms with van der Waals surface area (Å²) in [6, 6.07) is 9.72. The Kier molecular flexibility index (Phi) is 5.00. The molecule has 5 heteroatoms. The Balaban J connectivity index is 1.56. The van der Waals surface area contributed by atoms with E-state index >= 15 is 0 Å². The van der Waals surface area contributed by atoms with Crippen LogP contribution in [0.25, 0.3) is 0 Å². The summed E-state index contributed by atoms with van der Waals surface area (Å²) in [6.07, 6.45) is 1.60. The van der Waals surface area contributed by atoms with E-state index in [0.717, 1.165) is 34.4 Å². The van der Waals surface area contributed by atoms with Gasteiger partial charge in [0.2, 0.25) is 0 Å². The molecular formula is C19H22N2O2S. The summed E-state index contributed by atoms with van der Waals surface area (Å²) in [5.74, 6) is 0.0955. The van der Waals surface area contributed by atoms with Crippen LogP contribution >= 0.6 is 11.3 Å². The minimum atomic E-state index is -0.0213. The maximum absolute atomic E-state index is 12.5. The maximum Gasteiger partial charge on any atom is 0.264 e. The number of likely N-dealkylation sites (tertiary alicyclic amines) is 1. The predicted octanol–water partition coefficient (Wildman–Crippen LogP) is 3.40. The third-order valence-corrected chi connectivity index (χ3v) is 5.57. The van der Waals surface area contributed by atoms with E-state index in [1.165, 1.54) is 11.3 Å². The second-order valence-corrected chi connectivity index (χ2v) is 7.20. The molecule has 24 heavy (non-hydrogen) atoms. The van der Waals surface area contributed by atoms with Gasteiger partial charge in [-0.3, -0.25) is 9.59 Å². The number of nitrogens with one attached hydrogen (secondary N) is 1. The van der Waals surface area contributed by atoms with E-state index in [2.05, 4.69) is 5.32 Å². The van der Waals surface area contributed by atoms with E-state index in [9.17, 15) is 9.59 Å². The molecule has 0 radical (unpaired) electrons. The van der Waals surface area contributed by atoms with Gasteiger partial charge in [-0.2, -0.15) is 0 Å². The zero-order valence-electron chi connectivity index (χ0n) is 14.0. The Labute approximate surface area is 146 Å². The molecule has 1 fully saturated rings. The first-order valence-electron chi connectivity index (χ1n) is 8.26. The number of aryl methyl sites for hydroxylation is 2. The van der Waals surface area contributed by atoms with Gasteiger partial charge in [-0.25, -0.2) is 0 Å². The summed E-state index contributed by atoms with van der Waals surface area (Å²) >= 11 is 1.50. The number of benzene rings is 1. The summed E-state index contributed by atoms with van der Waals surface area (Å²) in [5.41, 5.74) is 2.75. The van der Waals surface area contributed by atoms with Crippen molar-refractivity contribution in [1.82, 2.24) is 10.2 Å². The van der Waals surface area contributed by atoms with Gasteiger partial charge in [0.25, 0.3) is 11.8 Å². The van der Waals surface area contributed by atoms with Gasteiger partial charge in [-0.05, 0) is 55.3 Å². The molecule has 1 aromatic carbocycles. The largest absolute Gasteiger partial charge is 0.349 e. The van der Waals surface area contributed by atoms with Crippen LogP contribution in [0.2, 0.25) is 0 Å². The highest BCUT2D eigenvalue weighted by Crippen LogP contribution is 2.21. The molecule has 0 unspecified atom stereocenters. The monoisotopic (exact) mass is 342 g/mol. The quantitative estimate of drug-likeness (QED) is 0.929. The number of amides is 2. The van der Waals surface area contributed by atoms with Gasteiger partial charge in [0.1, 0.15) is 0 Å². The Hall–Kier alpha value is -2.14. The maximum atomic E-state index is 12.5. The van der Waals surface area contributed by atoms with Crippen molar-refractivity contribution in [2.24, 2.45) is 0 Å². The normalized spacial score (nSPS) is 15.3. The average molecular weight is 342 g/mol. The van der Waals surface area contributed by atoms with Crippen molar-refractivity contribution >= 4 is 23.2 Å². The number of rotatable bonds is 3. The SMILES string of the molecule is Cc1ccccc1C(=O)NC1CCN(C(=O)c2sccc2C)CC1. The van der Waals surface area contributed by atoms with E-state index in [1.807, 2.05) is 54.5 Å².